The van der Waals surface area contributed by atoms with Gasteiger partial charge in [-0.1, -0.05) is 13.8 Å². The number of carbonyl (C=O) groups excluding carboxylic acids is 1. The van der Waals surface area contributed by atoms with Crippen molar-refractivity contribution in [3.05, 3.63) is 24.2 Å². The minimum absolute atomic E-state index is 0.240. The van der Waals surface area contributed by atoms with E-state index in [0.29, 0.717) is 19.1 Å². The molecular weight excluding hydrogens is 310 g/mol. The highest BCUT2D eigenvalue weighted by Crippen LogP contribution is 2.01. The summed E-state index contributed by atoms with van der Waals surface area (Å²) in [6.45, 7) is 9.69. The van der Waals surface area contributed by atoms with Gasteiger partial charge < -0.3 is 13.9 Å². The van der Waals surface area contributed by atoms with E-state index in [4.69, 9.17) is 13.9 Å². The summed E-state index contributed by atoms with van der Waals surface area (Å²) in [4.78, 5) is 18.8. The topological polar surface area (TPSA) is 76.3 Å². The number of ether oxygens (including phenoxy) is 2. The van der Waals surface area contributed by atoms with Gasteiger partial charge in [-0.15, -0.1) is 0 Å². The Kier molecular flexibility index (Phi) is 7.77. The molecule has 0 unspecified atom stereocenters. The molecule has 0 radical (unpaired) electrons. The van der Waals surface area contributed by atoms with Gasteiger partial charge in [-0.2, -0.15) is 0 Å². The molecule has 2 heterocycles. The molecule has 1 amide bonds. The van der Waals surface area contributed by atoms with Gasteiger partial charge in [0.1, 0.15) is 0 Å². The predicted molar refractivity (Wildman–Crippen MR) is 91.1 cm³/mol. The second-order valence-corrected chi connectivity index (χ2v) is 6.13. The highest BCUT2D eigenvalue weighted by atomic mass is 16.5. The SMILES string of the molecule is CC(C)COC(=NCCCN1CCOCC1)NC(=O)c1ccco1. The number of nitrogens with zero attached hydrogens (tertiary/aromatic N) is 2. The first-order valence-corrected chi connectivity index (χ1v) is 8.47. The van der Waals surface area contributed by atoms with Gasteiger partial charge in [-0.3, -0.25) is 15.0 Å². The average Bonchev–Trinajstić information content (AvgIpc) is 3.11. The van der Waals surface area contributed by atoms with Crippen molar-refractivity contribution >= 4 is 11.9 Å². The molecule has 0 saturated carbocycles. The molecule has 0 spiro atoms. The molecule has 1 aromatic heterocycles. The molecule has 1 aromatic rings. The van der Waals surface area contributed by atoms with E-state index in [9.17, 15) is 4.79 Å². The summed E-state index contributed by atoms with van der Waals surface area (Å²) < 4.78 is 16.0. The van der Waals surface area contributed by atoms with E-state index in [-0.39, 0.29) is 17.7 Å². The number of amidine groups is 1. The summed E-state index contributed by atoms with van der Waals surface area (Å²) in [6.07, 6.45) is 2.37. The van der Waals surface area contributed by atoms with Crippen molar-refractivity contribution < 1.29 is 18.7 Å². The second-order valence-electron chi connectivity index (χ2n) is 6.13. The lowest BCUT2D eigenvalue weighted by atomic mass is 10.2. The van der Waals surface area contributed by atoms with Crippen molar-refractivity contribution in [1.82, 2.24) is 10.2 Å². The first-order valence-electron chi connectivity index (χ1n) is 8.47. The van der Waals surface area contributed by atoms with E-state index in [1.54, 1.807) is 12.1 Å². The smallest absolute Gasteiger partial charge is 0.294 e. The number of morpholine rings is 1. The third-order valence-electron chi connectivity index (χ3n) is 3.51. The molecule has 0 bridgehead atoms. The molecule has 1 saturated heterocycles. The van der Waals surface area contributed by atoms with Crippen LogP contribution in [0.5, 0.6) is 0 Å². The van der Waals surface area contributed by atoms with E-state index in [1.165, 1.54) is 6.26 Å². The van der Waals surface area contributed by atoms with Crippen LogP contribution in [-0.2, 0) is 9.47 Å². The molecule has 1 N–H and O–H groups in total. The van der Waals surface area contributed by atoms with Crippen LogP contribution in [0.25, 0.3) is 0 Å². The number of rotatable bonds is 7. The van der Waals surface area contributed by atoms with Crippen LogP contribution in [0.2, 0.25) is 0 Å². The van der Waals surface area contributed by atoms with Crippen LogP contribution in [0.1, 0.15) is 30.8 Å². The quantitative estimate of drug-likeness (QED) is 0.466. The largest absolute Gasteiger partial charge is 0.465 e. The molecule has 1 aliphatic rings. The number of hydrogen-bond acceptors (Lipinski definition) is 6. The fourth-order valence-corrected chi connectivity index (χ4v) is 2.23. The van der Waals surface area contributed by atoms with Gasteiger partial charge in [0.15, 0.2) is 5.76 Å². The zero-order valence-corrected chi connectivity index (χ0v) is 14.5. The summed E-state index contributed by atoms with van der Waals surface area (Å²) in [5.41, 5.74) is 0. The maximum absolute atomic E-state index is 12.1. The number of amides is 1. The number of carbonyl (C=O) groups is 1. The molecular formula is C17H27N3O4. The summed E-state index contributed by atoms with van der Waals surface area (Å²) in [5.74, 6) is 0.240. The standard InChI is InChI=1S/C17H27N3O4/c1-14(2)13-24-17(19-16(21)15-5-3-10-23-15)18-6-4-7-20-8-11-22-12-9-20/h3,5,10,14H,4,6-9,11-13H2,1-2H3,(H,18,19,21). The Hall–Kier alpha value is -1.86. The Balaban J connectivity index is 1.80. The van der Waals surface area contributed by atoms with Crippen LogP contribution < -0.4 is 5.32 Å². The maximum Gasteiger partial charge on any atom is 0.294 e. The van der Waals surface area contributed by atoms with Crippen LogP contribution in [0.15, 0.2) is 27.8 Å². The molecule has 0 aromatic carbocycles. The third-order valence-corrected chi connectivity index (χ3v) is 3.51. The van der Waals surface area contributed by atoms with E-state index < -0.39 is 0 Å². The molecule has 7 nitrogen and oxygen atoms in total. The van der Waals surface area contributed by atoms with Crippen molar-refractivity contribution in [2.75, 3.05) is 46.0 Å². The average molecular weight is 337 g/mol. The van der Waals surface area contributed by atoms with Crippen LogP contribution in [-0.4, -0.2) is 62.8 Å². The fourth-order valence-electron chi connectivity index (χ4n) is 2.23. The Labute approximate surface area is 143 Å². The van der Waals surface area contributed by atoms with Crippen LogP contribution in [0, 0.1) is 5.92 Å². The van der Waals surface area contributed by atoms with Gasteiger partial charge in [-0.25, -0.2) is 4.99 Å². The molecule has 2 rings (SSSR count). The van der Waals surface area contributed by atoms with Crippen LogP contribution >= 0.6 is 0 Å². The molecule has 24 heavy (non-hydrogen) atoms. The van der Waals surface area contributed by atoms with Gasteiger partial charge in [0.2, 0.25) is 0 Å². The van der Waals surface area contributed by atoms with Crippen molar-refractivity contribution in [2.24, 2.45) is 10.9 Å². The lowest BCUT2D eigenvalue weighted by molar-refractivity contribution is 0.0377. The van der Waals surface area contributed by atoms with Crippen molar-refractivity contribution in [3.63, 3.8) is 0 Å². The van der Waals surface area contributed by atoms with E-state index in [2.05, 4.69) is 15.2 Å². The predicted octanol–water partition coefficient (Wildman–Crippen LogP) is 1.76. The highest BCUT2D eigenvalue weighted by molar-refractivity contribution is 6.02. The fraction of sp³-hybridized carbons (Fsp3) is 0.647. The summed E-state index contributed by atoms with van der Waals surface area (Å²) in [6, 6.07) is 3.53. The molecule has 7 heteroatoms. The summed E-state index contributed by atoms with van der Waals surface area (Å²) in [5, 5.41) is 2.67. The Morgan fingerprint density at radius 1 is 1.42 bits per heavy atom. The molecule has 0 aliphatic carbocycles. The maximum atomic E-state index is 12.1. The van der Waals surface area contributed by atoms with Gasteiger partial charge >= 0.3 is 0 Å². The van der Waals surface area contributed by atoms with Crippen molar-refractivity contribution in [2.45, 2.75) is 20.3 Å². The first kappa shape index (κ1) is 18.5. The van der Waals surface area contributed by atoms with Gasteiger partial charge in [0.25, 0.3) is 11.9 Å². The number of nitrogens with one attached hydrogen (secondary N) is 1. The second kappa shape index (κ2) is 10.1. The van der Waals surface area contributed by atoms with E-state index >= 15 is 0 Å². The summed E-state index contributed by atoms with van der Waals surface area (Å²) in [7, 11) is 0. The van der Waals surface area contributed by atoms with Crippen LogP contribution in [0.4, 0.5) is 0 Å². The highest BCUT2D eigenvalue weighted by Gasteiger charge is 2.13. The van der Waals surface area contributed by atoms with Crippen LogP contribution in [0.3, 0.4) is 0 Å². The minimum Gasteiger partial charge on any atom is -0.465 e. The Morgan fingerprint density at radius 2 is 2.21 bits per heavy atom. The minimum atomic E-state index is -0.351. The van der Waals surface area contributed by atoms with Gasteiger partial charge in [0, 0.05) is 26.2 Å². The molecule has 1 aliphatic heterocycles. The lowest BCUT2D eigenvalue weighted by Crippen LogP contribution is -2.37. The zero-order chi connectivity index (χ0) is 17.2. The third kappa shape index (κ3) is 6.72. The normalized spacial score (nSPS) is 16.4. The monoisotopic (exact) mass is 337 g/mol. The number of hydrogen-bond donors (Lipinski definition) is 1. The number of aliphatic imine (C=N–C) groups is 1. The number of furan rings is 1. The van der Waals surface area contributed by atoms with Crippen molar-refractivity contribution in [3.8, 4) is 0 Å². The lowest BCUT2D eigenvalue weighted by Gasteiger charge is -2.26. The summed E-state index contributed by atoms with van der Waals surface area (Å²) >= 11 is 0. The molecule has 134 valence electrons. The Bertz CT molecular complexity index is 508. The molecule has 1 fully saturated rings. The van der Waals surface area contributed by atoms with E-state index in [0.717, 1.165) is 39.3 Å². The molecule has 0 atom stereocenters. The van der Waals surface area contributed by atoms with Gasteiger partial charge in [-0.05, 0) is 24.5 Å². The van der Waals surface area contributed by atoms with E-state index in [1.807, 2.05) is 13.8 Å². The Morgan fingerprint density at radius 3 is 2.88 bits per heavy atom. The van der Waals surface area contributed by atoms with Crippen molar-refractivity contribution in [1.29, 1.82) is 0 Å². The first-order chi connectivity index (χ1) is 11.6. The zero-order valence-electron chi connectivity index (χ0n) is 14.5. The van der Waals surface area contributed by atoms with Gasteiger partial charge in [0.05, 0.1) is 26.1 Å².